The van der Waals surface area contributed by atoms with Gasteiger partial charge in [0.05, 0.1) is 0 Å². The maximum atomic E-state index is 12.1. The van der Waals surface area contributed by atoms with Gasteiger partial charge in [0.1, 0.15) is 0 Å². The van der Waals surface area contributed by atoms with Gasteiger partial charge in [0.2, 0.25) is 5.91 Å². The first-order chi connectivity index (χ1) is 9.25. The third-order valence-corrected chi connectivity index (χ3v) is 3.81. The Kier molecular flexibility index (Phi) is 7.63. The van der Waals surface area contributed by atoms with Crippen LogP contribution in [0.2, 0.25) is 0 Å². The van der Waals surface area contributed by atoms with Crippen LogP contribution >= 0.6 is 12.4 Å². The highest BCUT2D eigenvalue weighted by Crippen LogP contribution is 2.12. The second kappa shape index (κ2) is 8.98. The summed E-state index contributed by atoms with van der Waals surface area (Å²) in [6, 6.07) is 10.7. The minimum absolute atomic E-state index is 0. The molecule has 2 N–H and O–H groups in total. The lowest BCUT2D eigenvalue weighted by Crippen LogP contribution is -2.41. The second-order valence-corrected chi connectivity index (χ2v) is 5.46. The lowest BCUT2D eigenvalue weighted by Gasteiger charge is -2.24. The van der Waals surface area contributed by atoms with E-state index in [9.17, 15) is 4.79 Å². The molecule has 0 aromatic heterocycles. The van der Waals surface area contributed by atoms with Crippen molar-refractivity contribution in [1.82, 2.24) is 10.6 Å². The molecule has 0 spiro atoms. The third-order valence-electron chi connectivity index (χ3n) is 3.81. The molecule has 112 valence electrons. The molecular formula is C16H25ClN2O. The minimum atomic E-state index is 0. The van der Waals surface area contributed by atoms with Gasteiger partial charge in [0, 0.05) is 12.0 Å². The molecule has 1 unspecified atom stereocenters. The van der Waals surface area contributed by atoms with Crippen LogP contribution in [-0.4, -0.2) is 25.0 Å². The molecule has 4 heteroatoms. The Morgan fingerprint density at radius 3 is 2.60 bits per heavy atom. The topological polar surface area (TPSA) is 41.1 Å². The van der Waals surface area contributed by atoms with E-state index in [4.69, 9.17) is 0 Å². The summed E-state index contributed by atoms with van der Waals surface area (Å²) in [4.78, 5) is 12.1. The monoisotopic (exact) mass is 296 g/mol. The van der Waals surface area contributed by atoms with Gasteiger partial charge in [0.15, 0.2) is 0 Å². The van der Waals surface area contributed by atoms with Crippen molar-refractivity contribution in [2.24, 2.45) is 5.92 Å². The van der Waals surface area contributed by atoms with E-state index in [0.29, 0.717) is 0 Å². The molecule has 1 fully saturated rings. The Balaban J connectivity index is 0.00000200. The van der Waals surface area contributed by atoms with Crippen molar-refractivity contribution in [3.63, 3.8) is 0 Å². The molecule has 1 heterocycles. The molecule has 1 saturated heterocycles. The van der Waals surface area contributed by atoms with Crippen LogP contribution in [0.5, 0.6) is 0 Å². The van der Waals surface area contributed by atoms with E-state index in [-0.39, 0.29) is 30.3 Å². The molecule has 0 bridgehead atoms. The summed E-state index contributed by atoms with van der Waals surface area (Å²) in [5.41, 5.74) is 1.34. The minimum Gasteiger partial charge on any atom is -0.353 e. The van der Waals surface area contributed by atoms with Gasteiger partial charge in [-0.15, -0.1) is 12.4 Å². The zero-order valence-electron chi connectivity index (χ0n) is 12.1. The van der Waals surface area contributed by atoms with Crippen molar-refractivity contribution < 1.29 is 4.79 Å². The third kappa shape index (κ3) is 5.51. The smallest absolute Gasteiger partial charge is 0.223 e. The van der Waals surface area contributed by atoms with E-state index >= 15 is 0 Å². The molecule has 1 aliphatic rings. The zero-order chi connectivity index (χ0) is 13.5. The summed E-state index contributed by atoms with van der Waals surface area (Å²) in [5.74, 6) is 0.447. The predicted molar refractivity (Wildman–Crippen MR) is 85.2 cm³/mol. The van der Waals surface area contributed by atoms with Gasteiger partial charge >= 0.3 is 0 Å². The van der Waals surface area contributed by atoms with Gasteiger partial charge in [0.25, 0.3) is 0 Å². The van der Waals surface area contributed by atoms with Crippen LogP contribution < -0.4 is 10.6 Å². The predicted octanol–water partition coefficient (Wildman–Crippen LogP) is 2.55. The van der Waals surface area contributed by atoms with Crippen molar-refractivity contribution in [2.45, 2.75) is 38.6 Å². The number of amides is 1. The Hall–Kier alpha value is -1.06. The molecule has 0 aliphatic carbocycles. The number of carbonyl (C=O) groups is 1. The number of hydrogen-bond acceptors (Lipinski definition) is 2. The lowest BCUT2D eigenvalue weighted by molar-refractivity contribution is -0.126. The van der Waals surface area contributed by atoms with E-state index in [1.807, 2.05) is 6.07 Å². The van der Waals surface area contributed by atoms with Crippen molar-refractivity contribution in [2.75, 3.05) is 13.1 Å². The quantitative estimate of drug-likeness (QED) is 0.877. The molecule has 1 aliphatic heterocycles. The van der Waals surface area contributed by atoms with Gasteiger partial charge in [-0.25, -0.2) is 0 Å². The number of rotatable bonds is 5. The summed E-state index contributed by atoms with van der Waals surface area (Å²) >= 11 is 0. The van der Waals surface area contributed by atoms with Gasteiger partial charge in [-0.2, -0.15) is 0 Å². The van der Waals surface area contributed by atoms with Crippen molar-refractivity contribution in [1.29, 1.82) is 0 Å². The molecule has 1 atom stereocenters. The van der Waals surface area contributed by atoms with E-state index in [1.54, 1.807) is 0 Å². The number of benzene rings is 1. The molecule has 3 nitrogen and oxygen atoms in total. The molecule has 1 aromatic rings. The fraction of sp³-hybridized carbons (Fsp3) is 0.562. The first-order valence-electron chi connectivity index (χ1n) is 7.30. The van der Waals surface area contributed by atoms with Crippen LogP contribution in [0.3, 0.4) is 0 Å². The van der Waals surface area contributed by atoms with Crippen LogP contribution in [0.1, 0.15) is 31.7 Å². The average molecular weight is 297 g/mol. The SMILES string of the molecule is CC(CCc1ccccc1)NC(=O)C1CCNCC1.Cl. The van der Waals surface area contributed by atoms with Gasteiger partial charge < -0.3 is 10.6 Å². The number of hydrogen-bond donors (Lipinski definition) is 2. The number of aryl methyl sites for hydroxylation is 1. The summed E-state index contributed by atoms with van der Waals surface area (Å²) in [6.45, 7) is 4.04. The number of nitrogens with one attached hydrogen (secondary N) is 2. The molecule has 1 amide bonds. The summed E-state index contributed by atoms with van der Waals surface area (Å²) in [6.07, 6.45) is 3.96. The Labute approximate surface area is 127 Å². The normalized spacial score (nSPS) is 17.1. The highest BCUT2D eigenvalue weighted by molar-refractivity contribution is 5.85. The maximum Gasteiger partial charge on any atom is 0.223 e. The largest absolute Gasteiger partial charge is 0.353 e. The van der Waals surface area contributed by atoms with Gasteiger partial charge in [-0.1, -0.05) is 30.3 Å². The first kappa shape index (κ1) is 17.0. The molecule has 0 saturated carbocycles. The molecule has 0 radical (unpaired) electrons. The van der Waals surface area contributed by atoms with E-state index in [0.717, 1.165) is 38.8 Å². The molecule has 2 rings (SSSR count). The van der Waals surface area contributed by atoms with E-state index in [1.165, 1.54) is 5.56 Å². The van der Waals surface area contributed by atoms with Crippen LogP contribution in [0.25, 0.3) is 0 Å². The highest BCUT2D eigenvalue weighted by Gasteiger charge is 2.21. The fourth-order valence-electron chi connectivity index (χ4n) is 2.54. The summed E-state index contributed by atoms with van der Waals surface area (Å²) in [5, 5.41) is 6.44. The number of piperidine rings is 1. The molecule has 20 heavy (non-hydrogen) atoms. The Morgan fingerprint density at radius 2 is 1.95 bits per heavy atom. The molecular weight excluding hydrogens is 272 g/mol. The summed E-state index contributed by atoms with van der Waals surface area (Å²) in [7, 11) is 0. The van der Waals surface area contributed by atoms with E-state index < -0.39 is 0 Å². The van der Waals surface area contributed by atoms with Crippen molar-refractivity contribution in [3.8, 4) is 0 Å². The Morgan fingerprint density at radius 1 is 1.30 bits per heavy atom. The summed E-state index contributed by atoms with van der Waals surface area (Å²) < 4.78 is 0. The zero-order valence-corrected chi connectivity index (χ0v) is 12.9. The van der Waals surface area contributed by atoms with Crippen LogP contribution in [-0.2, 0) is 11.2 Å². The highest BCUT2D eigenvalue weighted by atomic mass is 35.5. The standard InChI is InChI=1S/C16H24N2O.ClH/c1-13(7-8-14-5-3-2-4-6-14)18-16(19)15-9-11-17-12-10-15;/h2-6,13,15,17H,7-12H2,1H3,(H,18,19);1H. The first-order valence-corrected chi connectivity index (χ1v) is 7.30. The van der Waals surface area contributed by atoms with Crippen molar-refractivity contribution >= 4 is 18.3 Å². The lowest BCUT2D eigenvalue weighted by atomic mass is 9.96. The fourth-order valence-corrected chi connectivity index (χ4v) is 2.54. The number of halogens is 1. The van der Waals surface area contributed by atoms with Gasteiger partial charge in [-0.3, -0.25) is 4.79 Å². The van der Waals surface area contributed by atoms with E-state index in [2.05, 4.69) is 41.8 Å². The molecule has 1 aromatic carbocycles. The van der Waals surface area contributed by atoms with Crippen molar-refractivity contribution in [3.05, 3.63) is 35.9 Å². The van der Waals surface area contributed by atoms with Crippen LogP contribution in [0, 0.1) is 5.92 Å². The number of carbonyl (C=O) groups excluding carboxylic acids is 1. The van der Waals surface area contributed by atoms with Crippen LogP contribution in [0.15, 0.2) is 30.3 Å². The second-order valence-electron chi connectivity index (χ2n) is 5.46. The van der Waals surface area contributed by atoms with Crippen LogP contribution in [0.4, 0.5) is 0 Å². The maximum absolute atomic E-state index is 12.1. The Bertz CT molecular complexity index is 391. The average Bonchev–Trinajstić information content (AvgIpc) is 2.47. The van der Waals surface area contributed by atoms with Gasteiger partial charge in [-0.05, 0) is 51.3 Å².